The van der Waals surface area contributed by atoms with E-state index in [-0.39, 0.29) is 12.5 Å². The maximum Gasteiger partial charge on any atom is 0.319 e. The van der Waals surface area contributed by atoms with E-state index in [1.165, 1.54) is 7.05 Å². The quantitative estimate of drug-likeness (QED) is 0.558. The fraction of sp³-hybridized carbons (Fsp3) is 0.130. The van der Waals surface area contributed by atoms with Gasteiger partial charge in [-0.25, -0.2) is 20.0 Å². The number of carbonyl (C=O) groups excluding carboxylic acids is 4. The van der Waals surface area contributed by atoms with E-state index in [9.17, 15) is 19.2 Å². The summed E-state index contributed by atoms with van der Waals surface area (Å²) in [5.74, 6) is -2.65. The molecule has 2 aromatic carbocycles. The van der Waals surface area contributed by atoms with E-state index in [0.29, 0.717) is 22.8 Å². The van der Waals surface area contributed by atoms with Crippen molar-refractivity contribution in [2.45, 2.75) is 13.5 Å². The van der Waals surface area contributed by atoms with Gasteiger partial charge in [0.05, 0.1) is 6.54 Å². The monoisotopic (exact) mass is 444 g/mol. The number of nitrogens with zero attached hydrogens (tertiary/aromatic N) is 4. The first-order chi connectivity index (χ1) is 15.8. The Balaban J connectivity index is 1.43. The molecule has 2 N–H and O–H groups in total. The summed E-state index contributed by atoms with van der Waals surface area (Å²) in [5.41, 5.74) is 3.39. The largest absolute Gasteiger partial charge is 0.324 e. The van der Waals surface area contributed by atoms with E-state index < -0.39 is 17.6 Å². The Labute approximate surface area is 189 Å². The Bertz CT molecular complexity index is 1240. The molecule has 0 bridgehead atoms. The zero-order chi connectivity index (χ0) is 23.5. The predicted molar refractivity (Wildman–Crippen MR) is 119 cm³/mol. The molecule has 1 aromatic heterocycles. The van der Waals surface area contributed by atoms with Crippen LogP contribution in [0.3, 0.4) is 0 Å². The van der Waals surface area contributed by atoms with E-state index in [0.717, 1.165) is 21.3 Å². The normalized spacial score (nSPS) is 13.5. The molecule has 10 heteroatoms. The highest BCUT2D eigenvalue weighted by atomic mass is 16.2. The lowest BCUT2D eigenvalue weighted by molar-refractivity contribution is -0.145. The molecule has 4 rings (SSSR count). The number of likely N-dealkylation sites (N-methyl/N-ethyl adjacent to an activating group) is 1. The van der Waals surface area contributed by atoms with Crippen molar-refractivity contribution in [2.24, 2.45) is 0 Å². The van der Waals surface area contributed by atoms with Crippen LogP contribution < -0.4 is 10.6 Å². The van der Waals surface area contributed by atoms with Gasteiger partial charge in [0.1, 0.15) is 0 Å². The van der Waals surface area contributed by atoms with Crippen molar-refractivity contribution >= 4 is 40.8 Å². The lowest BCUT2D eigenvalue weighted by atomic mass is 10.1. The van der Waals surface area contributed by atoms with Gasteiger partial charge in [0.25, 0.3) is 5.91 Å². The number of Topliss-reactive ketones (excluding diaryl/α,β-unsaturated/α-hetero) is 1. The van der Waals surface area contributed by atoms with Crippen molar-refractivity contribution in [2.75, 3.05) is 17.7 Å². The highest BCUT2D eigenvalue weighted by Crippen LogP contribution is 2.23. The standard InChI is InChI=1S/C23H20N6O4/c1-14-4-9-17(12-18(14)27-23-24-10-3-11-25-23)26-20(31)16-7-5-15(6-8-16)13-29-22(33)19(30)21(32)28(29)2/h3-12H,13H2,1-2H3,(H,26,31)(H,24,25,27). The molecule has 0 unspecified atom stereocenters. The fourth-order valence-corrected chi connectivity index (χ4v) is 3.24. The Kier molecular flexibility index (Phi) is 5.81. The SMILES string of the molecule is Cc1ccc(NC(=O)c2ccc(CN3C(=O)C(=O)C(=O)N3C)cc2)cc1Nc1ncccn1. The smallest absolute Gasteiger partial charge is 0.319 e. The van der Waals surface area contributed by atoms with Gasteiger partial charge in [0.2, 0.25) is 5.95 Å². The summed E-state index contributed by atoms with van der Waals surface area (Å²) in [6, 6.07) is 13.7. The summed E-state index contributed by atoms with van der Waals surface area (Å²) in [7, 11) is 1.36. The number of aryl methyl sites for hydroxylation is 1. The molecule has 0 atom stereocenters. The van der Waals surface area contributed by atoms with Gasteiger partial charge >= 0.3 is 17.6 Å². The Morgan fingerprint density at radius 2 is 1.67 bits per heavy atom. The number of rotatable bonds is 6. The molecule has 0 spiro atoms. The van der Waals surface area contributed by atoms with E-state index >= 15 is 0 Å². The number of aromatic nitrogens is 2. The molecule has 1 fully saturated rings. The van der Waals surface area contributed by atoms with E-state index in [2.05, 4.69) is 20.6 Å². The van der Waals surface area contributed by atoms with Gasteiger partial charge in [-0.15, -0.1) is 0 Å². The van der Waals surface area contributed by atoms with Crippen LogP contribution >= 0.6 is 0 Å². The van der Waals surface area contributed by atoms with E-state index in [4.69, 9.17) is 0 Å². The molecule has 0 saturated carbocycles. The number of amides is 3. The van der Waals surface area contributed by atoms with Crippen LogP contribution in [-0.2, 0) is 20.9 Å². The molecule has 0 aliphatic carbocycles. The number of anilines is 3. The Morgan fingerprint density at radius 3 is 2.30 bits per heavy atom. The minimum Gasteiger partial charge on any atom is -0.324 e. The second-order valence-electron chi connectivity index (χ2n) is 7.40. The van der Waals surface area contributed by atoms with Gasteiger partial charge in [0, 0.05) is 36.4 Å². The topological polar surface area (TPSA) is 125 Å². The second kappa shape index (κ2) is 8.87. The average molecular weight is 444 g/mol. The Hall–Kier alpha value is -4.60. The molecule has 0 radical (unpaired) electrons. The second-order valence-corrected chi connectivity index (χ2v) is 7.40. The van der Waals surface area contributed by atoms with Crippen LogP contribution in [0.4, 0.5) is 17.3 Å². The van der Waals surface area contributed by atoms with Crippen molar-refractivity contribution < 1.29 is 19.2 Å². The Morgan fingerprint density at radius 1 is 0.970 bits per heavy atom. The molecule has 3 aromatic rings. The molecule has 10 nitrogen and oxygen atoms in total. The maximum absolute atomic E-state index is 12.7. The number of carbonyl (C=O) groups is 4. The summed E-state index contributed by atoms with van der Waals surface area (Å²) in [5, 5.41) is 8.03. The lowest BCUT2D eigenvalue weighted by Crippen LogP contribution is -2.37. The van der Waals surface area contributed by atoms with Crippen molar-refractivity contribution in [3.05, 3.63) is 77.6 Å². The molecule has 1 aliphatic heterocycles. The third-order valence-electron chi connectivity index (χ3n) is 5.14. The number of hydrogen-bond acceptors (Lipinski definition) is 7. The average Bonchev–Trinajstić information content (AvgIpc) is 3.00. The molecule has 3 amide bonds. The van der Waals surface area contributed by atoms with E-state index in [1.807, 2.05) is 13.0 Å². The van der Waals surface area contributed by atoms with Gasteiger partial charge in [-0.1, -0.05) is 18.2 Å². The zero-order valence-electron chi connectivity index (χ0n) is 17.9. The van der Waals surface area contributed by atoms with Gasteiger partial charge < -0.3 is 10.6 Å². The molecule has 1 saturated heterocycles. The fourth-order valence-electron chi connectivity index (χ4n) is 3.24. The van der Waals surface area contributed by atoms with Crippen LogP contribution in [0.1, 0.15) is 21.5 Å². The number of benzene rings is 2. The van der Waals surface area contributed by atoms with Crippen LogP contribution in [-0.4, -0.2) is 50.5 Å². The third kappa shape index (κ3) is 4.54. The molecular formula is C23H20N6O4. The number of hydrazine groups is 1. The van der Waals surface area contributed by atoms with Crippen LogP contribution in [0, 0.1) is 6.92 Å². The number of ketones is 1. The van der Waals surface area contributed by atoms with Gasteiger partial charge in [-0.2, -0.15) is 0 Å². The molecule has 33 heavy (non-hydrogen) atoms. The van der Waals surface area contributed by atoms with Gasteiger partial charge in [-0.3, -0.25) is 19.2 Å². The van der Waals surface area contributed by atoms with Crippen LogP contribution in [0.25, 0.3) is 0 Å². The highest BCUT2D eigenvalue weighted by molar-refractivity contribution is 6.65. The predicted octanol–water partition coefficient (Wildman–Crippen LogP) is 2.07. The van der Waals surface area contributed by atoms with Crippen LogP contribution in [0.2, 0.25) is 0 Å². The first-order valence-electron chi connectivity index (χ1n) is 10.0. The summed E-state index contributed by atoms with van der Waals surface area (Å²) in [4.78, 5) is 56.1. The van der Waals surface area contributed by atoms with Crippen molar-refractivity contribution in [3.63, 3.8) is 0 Å². The number of nitrogens with one attached hydrogen (secondary N) is 2. The maximum atomic E-state index is 12.7. The summed E-state index contributed by atoms with van der Waals surface area (Å²) >= 11 is 0. The van der Waals surface area contributed by atoms with Gasteiger partial charge in [0.15, 0.2) is 0 Å². The van der Waals surface area contributed by atoms with Crippen LogP contribution in [0.5, 0.6) is 0 Å². The first-order valence-corrected chi connectivity index (χ1v) is 10.0. The van der Waals surface area contributed by atoms with Crippen molar-refractivity contribution in [1.82, 2.24) is 20.0 Å². The minimum atomic E-state index is -1.06. The molecule has 2 heterocycles. The molecular weight excluding hydrogens is 424 g/mol. The number of hydrogen-bond donors (Lipinski definition) is 2. The summed E-state index contributed by atoms with van der Waals surface area (Å²) in [6.45, 7) is 1.97. The first kappa shape index (κ1) is 21.6. The minimum absolute atomic E-state index is 0.0449. The lowest BCUT2D eigenvalue weighted by Gasteiger charge is -2.22. The summed E-state index contributed by atoms with van der Waals surface area (Å²) < 4.78 is 0. The van der Waals surface area contributed by atoms with Gasteiger partial charge in [-0.05, 0) is 48.4 Å². The molecule has 1 aliphatic rings. The third-order valence-corrected chi connectivity index (χ3v) is 5.14. The van der Waals surface area contributed by atoms with Crippen LogP contribution in [0.15, 0.2) is 60.9 Å². The zero-order valence-corrected chi connectivity index (χ0v) is 17.9. The molecule has 166 valence electrons. The van der Waals surface area contributed by atoms with E-state index in [1.54, 1.807) is 54.9 Å². The highest BCUT2D eigenvalue weighted by Gasteiger charge is 2.42. The summed E-state index contributed by atoms with van der Waals surface area (Å²) in [6.07, 6.45) is 3.26. The van der Waals surface area contributed by atoms with Crippen molar-refractivity contribution in [3.8, 4) is 0 Å². The van der Waals surface area contributed by atoms with Crippen molar-refractivity contribution in [1.29, 1.82) is 0 Å².